The lowest BCUT2D eigenvalue weighted by atomic mass is 10.00. The number of aromatic amines is 1. The van der Waals surface area contributed by atoms with E-state index in [1.807, 2.05) is 22.8 Å². The van der Waals surface area contributed by atoms with Crippen LogP contribution in [0.2, 0.25) is 0 Å². The molecule has 1 aliphatic heterocycles. The minimum absolute atomic E-state index is 0.656. The van der Waals surface area contributed by atoms with E-state index in [2.05, 4.69) is 46.6 Å². The van der Waals surface area contributed by atoms with Crippen LogP contribution in [0.5, 0.6) is 0 Å². The summed E-state index contributed by atoms with van der Waals surface area (Å²) in [5.41, 5.74) is 4.00. The summed E-state index contributed by atoms with van der Waals surface area (Å²) in [6.45, 7) is 3.05. The summed E-state index contributed by atoms with van der Waals surface area (Å²) >= 11 is 5.42. The third kappa shape index (κ3) is 2.85. The molecule has 0 aliphatic carbocycles. The predicted molar refractivity (Wildman–Crippen MR) is 92.1 cm³/mol. The van der Waals surface area contributed by atoms with Crippen molar-refractivity contribution in [1.29, 1.82) is 0 Å². The maximum Gasteiger partial charge on any atom is 0.200 e. The number of fused-ring (bicyclic) bond motifs is 1. The molecule has 0 saturated carbocycles. The second kappa shape index (κ2) is 6.10. The van der Waals surface area contributed by atoms with Crippen LogP contribution in [-0.2, 0) is 19.5 Å². The van der Waals surface area contributed by atoms with Crippen molar-refractivity contribution in [2.24, 2.45) is 0 Å². The summed E-state index contributed by atoms with van der Waals surface area (Å²) in [6.07, 6.45) is 1.13. The highest BCUT2D eigenvalue weighted by atomic mass is 32.1. The van der Waals surface area contributed by atoms with E-state index in [0.29, 0.717) is 4.77 Å². The minimum Gasteiger partial charge on any atom is -0.325 e. The lowest BCUT2D eigenvalue weighted by Gasteiger charge is -2.25. The number of nitrogens with one attached hydrogen (secondary N) is 2. The first-order chi connectivity index (χ1) is 11.3. The highest BCUT2D eigenvalue weighted by Crippen LogP contribution is 2.12. The van der Waals surface area contributed by atoms with Gasteiger partial charge >= 0.3 is 0 Å². The molecule has 3 aromatic rings. The molecule has 4 nitrogen and oxygen atoms in total. The Balaban J connectivity index is 1.61. The van der Waals surface area contributed by atoms with Crippen LogP contribution in [0.15, 0.2) is 54.6 Å². The Kier molecular flexibility index (Phi) is 3.81. The van der Waals surface area contributed by atoms with E-state index in [1.165, 1.54) is 16.0 Å². The number of nitrogens with zero attached hydrogens (tertiary/aromatic N) is 2. The summed E-state index contributed by atoms with van der Waals surface area (Å²) in [5.74, 6) is 0.996. The van der Waals surface area contributed by atoms with Crippen molar-refractivity contribution in [3.8, 4) is 5.69 Å². The molecule has 2 aromatic carbocycles. The lowest BCUT2D eigenvalue weighted by Crippen LogP contribution is -3.10. The summed E-state index contributed by atoms with van der Waals surface area (Å²) in [4.78, 5) is 1.52. The molecular formula is C18H19N4S+. The first-order valence-corrected chi connectivity index (χ1v) is 8.34. The number of rotatable bonds is 3. The van der Waals surface area contributed by atoms with E-state index in [4.69, 9.17) is 12.2 Å². The highest BCUT2D eigenvalue weighted by molar-refractivity contribution is 7.71. The summed E-state index contributed by atoms with van der Waals surface area (Å²) < 4.78 is 2.70. The van der Waals surface area contributed by atoms with Gasteiger partial charge in [-0.05, 0) is 29.9 Å². The molecule has 1 aromatic heterocycles. The van der Waals surface area contributed by atoms with Crippen LogP contribution in [-0.4, -0.2) is 21.3 Å². The number of quaternary nitrogens is 1. The molecule has 0 spiro atoms. The quantitative estimate of drug-likeness (QED) is 0.724. The molecule has 4 rings (SSSR count). The van der Waals surface area contributed by atoms with E-state index in [0.717, 1.165) is 37.6 Å². The Hall–Kier alpha value is -2.24. The zero-order valence-electron chi connectivity index (χ0n) is 12.8. The van der Waals surface area contributed by atoms with Gasteiger partial charge in [-0.15, -0.1) is 0 Å². The predicted octanol–water partition coefficient (Wildman–Crippen LogP) is 2.07. The van der Waals surface area contributed by atoms with Crippen molar-refractivity contribution < 1.29 is 4.90 Å². The molecule has 1 atom stereocenters. The van der Waals surface area contributed by atoms with Crippen molar-refractivity contribution in [3.05, 3.63) is 76.3 Å². The molecule has 0 fully saturated rings. The van der Waals surface area contributed by atoms with Gasteiger partial charge < -0.3 is 4.90 Å². The molecule has 1 unspecified atom stereocenters. The number of hydrogen-bond acceptors (Lipinski definition) is 2. The van der Waals surface area contributed by atoms with Crippen LogP contribution < -0.4 is 4.90 Å². The van der Waals surface area contributed by atoms with Crippen molar-refractivity contribution in [2.75, 3.05) is 6.54 Å². The van der Waals surface area contributed by atoms with Gasteiger partial charge in [0.2, 0.25) is 0 Å². The summed E-state index contributed by atoms with van der Waals surface area (Å²) in [5, 5.41) is 7.41. The Labute approximate surface area is 140 Å². The molecule has 0 bridgehead atoms. The van der Waals surface area contributed by atoms with Crippen LogP contribution in [0, 0.1) is 4.77 Å². The fourth-order valence-electron chi connectivity index (χ4n) is 3.31. The normalized spacial score (nSPS) is 17.0. The van der Waals surface area contributed by atoms with Crippen LogP contribution in [0.1, 0.15) is 17.0 Å². The van der Waals surface area contributed by atoms with Gasteiger partial charge in [-0.2, -0.15) is 5.10 Å². The van der Waals surface area contributed by atoms with Gasteiger partial charge in [0.25, 0.3) is 0 Å². The maximum atomic E-state index is 5.42. The summed E-state index contributed by atoms with van der Waals surface area (Å²) in [7, 11) is 0. The molecule has 0 saturated heterocycles. The van der Waals surface area contributed by atoms with Gasteiger partial charge in [-0.3, -0.25) is 9.67 Å². The van der Waals surface area contributed by atoms with Crippen LogP contribution >= 0.6 is 12.2 Å². The average Bonchev–Trinajstić information content (AvgIpc) is 2.96. The van der Waals surface area contributed by atoms with Gasteiger partial charge in [0.05, 0.1) is 6.54 Å². The third-order valence-corrected chi connectivity index (χ3v) is 4.74. The molecule has 116 valence electrons. The van der Waals surface area contributed by atoms with Gasteiger partial charge in [0.1, 0.15) is 13.1 Å². The van der Waals surface area contributed by atoms with E-state index >= 15 is 0 Å². The molecule has 23 heavy (non-hydrogen) atoms. The Morgan fingerprint density at radius 3 is 2.61 bits per heavy atom. The number of H-pyrrole nitrogens is 1. The number of para-hydroxylation sites is 1. The van der Waals surface area contributed by atoms with Gasteiger partial charge in [0, 0.05) is 17.7 Å². The van der Waals surface area contributed by atoms with E-state index in [-0.39, 0.29) is 0 Å². The van der Waals surface area contributed by atoms with E-state index < -0.39 is 0 Å². The number of hydrogen-bond donors (Lipinski definition) is 2. The molecule has 2 N–H and O–H groups in total. The maximum absolute atomic E-state index is 5.42. The largest absolute Gasteiger partial charge is 0.325 e. The highest BCUT2D eigenvalue weighted by Gasteiger charge is 2.21. The van der Waals surface area contributed by atoms with E-state index in [9.17, 15) is 0 Å². The molecule has 0 amide bonds. The number of aromatic nitrogens is 3. The Morgan fingerprint density at radius 2 is 1.78 bits per heavy atom. The van der Waals surface area contributed by atoms with Crippen LogP contribution in [0.3, 0.4) is 0 Å². The smallest absolute Gasteiger partial charge is 0.200 e. The van der Waals surface area contributed by atoms with Gasteiger partial charge in [0.15, 0.2) is 10.6 Å². The molecule has 5 heteroatoms. The monoisotopic (exact) mass is 323 g/mol. The van der Waals surface area contributed by atoms with Gasteiger partial charge in [-0.25, -0.2) is 0 Å². The topological polar surface area (TPSA) is 38.0 Å². The fourth-order valence-corrected chi connectivity index (χ4v) is 3.57. The third-order valence-electron chi connectivity index (χ3n) is 4.47. The van der Waals surface area contributed by atoms with Crippen molar-refractivity contribution >= 4 is 12.2 Å². The fraction of sp³-hybridized carbons (Fsp3) is 0.222. The molecular weight excluding hydrogens is 304 g/mol. The lowest BCUT2D eigenvalue weighted by molar-refractivity contribution is -0.930. The first kappa shape index (κ1) is 14.4. The number of benzene rings is 2. The summed E-state index contributed by atoms with van der Waals surface area (Å²) in [6, 6.07) is 18.9. The van der Waals surface area contributed by atoms with Crippen LogP contribution in [0.4, 0.5) is 0 Å². The standard InChI is InChI=1S/C18H18N4S/c23-18-20-19-17(22(18)16-8-2-1-3-9-16)13-21-11-10-14-6-4-5-7-15(14)12-21/h1-9H,10-13H2,(H,20,23)/p+1. The molecule has 2 heterocycles. The van der Waals surface area contributed by atoms with Crippen molar-refractivity contribution in [2.45, 2.75) is 19.5 Å². The minimum atomic E-state index is 0.656. The second-order valence-corrected chi connectivity index (χ2v) is 6.37. The van der Waals surface area contributed by atoms with Crippen molar-refractivity contribution in [1.82, 2.24) is 14.8 Å². The zero-order valence-corrected chi connectivity index (χ0v) is 13.6. The van der Waals surface area contributed by atoms with Crippen molar-refractivity contribution in [3.63, 3.8) is 0 Å². The second-order valence-electron chi connectivity index (χ2n) is 5.99. The van der Waals surface area contributed by atoms with Gasteiger partial charge in [-0.1, -0.05) is 42.5 Å². The van der Waals surface area contributed by atoms with Crippen LogP contribution in [0.25, 0.3) is 5.69 Å². The Bertz CT molecular complexity index is 866. The molecule has 0 radical (unpaired) electrons. The first-order valence-electron chi connectivity index (χ1n) is 7.93. The SMILES string of the molecule is S=c1[nH]nc(C[NH+]2CCc3ccccc3C2)n1-c1ccccc1. The zero-order chi connectivity index (χ0) is 15.6. The Morgan fingerprint density at radius 1 is 1.04 bits per heavy atom. The molecule has 1 aliphatic rings. The van der Waals surface area contributed by atoms with E-state index in [1.54, 1.807) is 0 Å². The average molecular weight is 323 g/mol.